The first kappa shape index (κ1) is 11.5. The Balaban J connectivity index is 0. The summed E-state index contributed by atoms with van der Waals surface area (Å²) in [5.41, 5.74) is 0. The van der Waals surface area contributed by atoms with Gasteiger partial charge in [-0.15, -0.1) is 0 Å². The van der Waals surface area contributed by atoms with Gasteiger partial charge in [-0.05, 0) is 0 Å². The van der Waals surface area contributed by atoms with Crippen LogP contribution in [0.25, 0.3) is 0 Å². The van der Waals surface area contributed by atoms with Gasteiger partial charge in [0.05, 0.1) is 0 Å². The topological polar surface area (TPSA) is 27.7 Å². The molecule has 0 spiro atoms. The molecule has 1 radical (unpaired) electrons. The van der Waals surface area contributed by atoms with Crippen molar-refractivity contribution >= 4 is 7.32 Å². The summed E-state index contributed by atoms with van der Waals surface area (Å²) in [4.78, 5) is 0. The van der Waals surface area contributed by atoms with Crippen LogP contribution in [-0.4, -0.2) is 28.7 Å². The van der Waals surface area contributed by atoms with Crippen molar-refractivity contribution < 1.29 is 36.3 Å². The maximum atomic E-state index is 4.60. The molecule has 0 unspecified atom stereocenters. The molecule has 3 nitrogen and oxygen atoms in total. The van der Waals surface area contributed by atoms with E-state index in [1.54, 1.807) is 0 Å². The van der Waals surface area contributed by atoms with E-state index in [4.69, 9.17) is 0 Å². The maximum Gasteiger partial charge on any atom is 0.638 e. The first-order valence-electron chi connectivity index (χ1n) is 1.93. The Bertz CT molecular complexity index is 36.0. The number of hydrogen-bond acceptors (Lipinski definition) is 3. The minimum atomic E-state index is -0.514. The van der Waals surface area contributed by atoms with Gasteiger partial charge in [0.25, 0.3) is 0 Å². The minimum absolute atomic E-state index is 0. The summed E-state index contributed by atoms with van der Waals surface area (Å²) in [5.74, 6) is 0. The third-order valence-electron chi connectivity index (χ3n) is 0.577. The number of hydrogen-bond donors (Lipinski definition) is 0. The van der Waals surface area contributed by atoms with Gasteiger partial charge in [0.1, 0.15) is 0 Å². The molecule has 0 N–H and O–H groups in total. The SMILES string of the molecule is COB(OC)OC.[Au]. The van der Waals surface area contributed by atoms with Crippen molar-refractivity contribution in [2.24, 2.45) is 0 Å². The van der Waals surface area contributed by atoms with Crippen LogP contribution in [0, 0.1) is 0 Å². The van der Waals surface area contributed by atoms with E-state index in [0.29, 0.717) is 0 Å². The summed E-state index contributed by atoms with van der Waals surface area (Å²) in [6, 6.07) is 0. The molecule has 0 aromatic rings. The van der Waals surface area contributed by atoms with Crippen LogP contribution in [-0.2, 0) is 36.3 Å². The fraction of sp³-hybridized carbons (Fsp3) is 1.00. The van der Waals surface area contributed by atoms with Crippen LogP contribution < -0.4 is 0 Å². The molecule has 0 aromatic carbocycles. The van der Waals surface area contributed by atoms with Crippen LogP contribution in [0.5, 0.6) is 0 Å². The van der Waals surface area contributed by atoms with Crippen LogP contribution in [0.15, 0.2) is 0 Å². The summed E-state index contributed by atoms with van der Waals surface area (Å²) in [7, 11) is 4.02. The van der Waals surface area contributed by atoms with Crippen molar-refractivity contribution in [2.45, 2.75) is 0 Å². The molecule has 53 valence electrons. The van der Waals surface area contributed by atoms with Crippen LogP contribution >= 0.6 is 0 Å². The monoisotopic (exact) mass is 301 g/mol. The summed E-state index contributed by atoms with van der Waals surface area (Å²) in [5, 5.41) is 0. The zero-order valence-electron chi connectivity index (χ0n) is 5.10. The summed E-state index contributed by atoms with van der Waals surface area (Å²) in [6.45, 7) is 0. The van der Waals surface area contributed by atoms with Crippen molar-refractivity contribution in [3.8, 4) is 0 Å². The molecule has 0 amide bonds. The van der Waals surface area contributed by atoms with Gasteiger partial charge in [-0.2, -0.15) is 0 Å². The Morgan fingerprint density at radius 3 is 1.12 bits per heavy atom. The van der Waals surface area contributed by atoms with Crippen LogP contribution in [0.4, 0.5) is 0 Å². The Morgan fingerprint density at radius 1 is 0.875 bits per heavy atom. The largest absolute Gasteiger partial charge is 0.638 e. The zero-order chi connectivity index (χ0) is 5.70. The van der Waals surface area contributed by atoms with Crippen molar-refractivity contribution in [2.75, 3.05) is 21.3 Å². The summed E-state index contributed by atoms with van der Waals surface area (Å²) < 4.78 is 13.8. The Kier molecular flexibility index (Phi) is 11.0. The van der Waals surface area contributed by atoms with E-state index in [1.807, 2.05) is 0 Å². The van der Waals surface area contributed by atoms with Gasteiger partial charge < -0.3 is 14.0 Å². The van der Waals surface area contributed by atoms with E-state index in [0.717, 1.165) is 0 Å². The predicted molar refractivity (Wildman–Crippen MR) is 26.8 cm³/mol. The fourth-order valence-electron chi connectivity index (χ4n) is 0.289. The average Bonchev–Trinajstić information content (AvgIpc) is 1.72. The first-order chi connectivity index (χ1) is 3.35. The molecule has 8 heavy (non-hydrogen) atoms. The van der Waals surface area contributed by atoms with Gasteiger partial charge >= 0.3 is 7.32 Å². The second kappa shape index (κ2) is 7.69. The molecule has 0 bridgehead atoms. The van der Waals surface area contributed by atoms with Crippen molar-refractivity contribution in [3.05, 3.63) is 0 Å². The molecular weight excluding hydrogens is 292 g/mol. The molecule has 0 aromatic heterocycles. The minimum Gasteiger partial charge on any atom is -0.389 e. The molecule has 0 aliphatic heterocycles. The second-order valence-corrected chi connectivity index (χ2v) is 0.996. The Hall–Kier alpha value is 0.685. The molecule has 0 saturated carbocycles. The number of rotatable bonds is 3. The van der Waals surface area contributed by atoms with Crippen molar-refractivity contribution in [1.29, 1.82) is 0 Å². The van der Waals surface area contributed by atoms with E-state index in [9.17, 15) is 0 Å². The predicted octanol–water partition coefficient (Wildman–Crippen LogP) is -0.0920. The quantitative estimate of drug-likeness (QED) is 0.682. The molecule has 0 atom stereocenters. The average molecular weight is 301 g/mol. The molecule has 0 rings (SSSR count). The standard InChI is InChI=1S/C3H9BO3.Au/c1-5-4(6-2)7-3;/h1-3H3;. The van der Waals surface area contributed by atoms with Crippen LogP contribution in [0.1, 0.15) is 0 Å². The molecular formula is C3H9AuBO3. The van der Waals surface area contributed by atoms with Crippen molar-refractivity contribution in [1.82, 2.24) is 0 Å². The normalized spacial score (nSPS) is 7.88. The maximum absolute atomic E-state index is 4.60. The Labute approximate surface area is 65.4 Å². The van der Waals surface area contributed by atoms with E-state index >= 15 is 0 Å². The third kappa shape index (κ3) is 4.83. The molecule has 0 saturated heterocycles. The van der Waals surface area contributed by atoms with E-state index in [2.05, 4.69) is 14.0 Å². The Morgan fingerprint density at radius 2 is 1.12 bits per heavy atom. The molecule has 0 fully saturated rings. The zero-order valence-corrected chi connectivity index (χ0v) is 7.27. The molecule has 5 heteroatoms. The van der Waals surface area contributed by atoms with Crippen LogP contribution in [0.3, 0.4) is 0 Å². The smallest absolute Gasteiger partial charge is 0.389 e. The third-order valence-corrected chi connectivity index (χ3v) is 0.577. The van der Waals surface area contributed by atoms with Gasteiger partial charge in [-0.3, -0.25) is 0 Å². The van der Waals surface area contributed by atoms with Gasteiger partial charge in [-0.25, -0.2) is 0 Å². The summed E-state index contributed by atoms with van der Waals surface area (Å²) in [6.07, 6.45) is 0. The van der Waals surface area contributed by atoms with E-state index in [-0.39, 0.29) is 22.4 Å². The van der Waals surface area contributed by atoms with Gasteiger partial charge in [-0.1, -0.05) is 0 Å². The van der Waals surface area contributed by atoms with Gasteiger partial charge in [0.15, 0.2) is 0 Å². The van der Waals surface area contributed by atoms with E-state index < -0.39 is 7.32 Å². The second-order valence-electron chi connectivity index (χ2n) is 0.996. The summed E-state index contributed by atoms with van der Waals surface area (Å²) >= 11 is 0. The molecule has 0 heterocycles. The van der Waals surface area contributed by atoms with Gasteiger partial charge in [0.2, 0.25) is 0 Å². The van der Waals surface area contributed by atoms with Gasteiger partial charge in [0, 0.05) is 43.7 Å². The van der Waals surface area contributed by atoms with Crippen molar-refractivity contribution in [3.63, 3.8) is 0 Å². The van der Waals surface area contributed by atoms with E-state index in [1.165, 1.54) is 21.3 Å². The first-order valence-corrected chi connectivity index (χ1v) is 1.93. The molecule has 0 aliphatic rings. The van der Waals surface area contributed by atoms with Crippen LogP contribution in [0.2, 0.25) is 0 Å². The fourth-order valence-corrected chi connectivity index (χ4v) is 0.289. The molecule has 0 aliphatic carbocycles.